The van der Waals surface area contributed by atoms with E-state index in [1.54, 1.807) is 20.3 Å². The molecule has 0 aromatic rings. The van der Waals surface area contributed by atoms with Gasteiger partial charge in [-0.1, -0.05) is 13.8 Å². The number of rotatable bonds is 4. The number of carbonyl (C=O) groups excluding carboxylic acids is 1. The summed E-state index contributed by atoms with van der Waals surface area (Å²) in [4.78, 5) is 10.9. The van der Waals surface area contributed by atoms with Gasteiger partial charge in [0.1, 0.15) is 5.78 Å². The molecule has 0 heterocycles. The lowest BCUT2D eigenvalue weighted by Crippen LogP contribution is -1.96. The molecule has 2 atom stereocenters. The molecule has 2 heteroatoms. The summed E-state index contributed by atoms with van der Waals surface area (Å²) in [7, 11) is 1.64. The Kier molecular flexibility index (Phi) is 2.79. The molecule has 1 aliphatic rings. The summed E-state index contributed by atoms with van der Waals surface area (Å²) in [5.41, 5.74) is 0.278. The minimum Gasteiger partial charge on any atom is -0.505 e. The van der Waals surface area contributed by atoms with Gasteiger partial charge in [0, 0.05) is 6.42 Å². The van der Waals surface area contributed by atoms with Gasteiger partial charge in [0.05, 0.1) is 13.4 Å². The molecule has 0 bridgehead atoms. The van der Waals surface area contributed by atoms with Crippen LogP contribution in [0.3, 0.4) is 0 Å². The third-order valence-corrected chi connectivity index (χ3v) is 3.07. The highest BCUT2D eigenvalue weighted by Crippen LogP contribution is 2.60. The van der Waals surface area contributed by atoms with Gasteiger partial charge >= 0.3 is 0 Å². The summed E-state index contributed by atoms with van der Waals surface area (Å²) in [6.45, 7) is 6.06. The van der Waals surface area contributed by atoms with Crippen molar-refractivity contribution in [2.75, 3.05) is 7.11 Å². The maximum atomic E-state index is 10.9. The fourth-order valence-electron chi connectivity index (χ4n) is 2.03. The maximum absolute atomic E-state index is 10.9. The lowest BCUT2D eigenvalue weighted by molar-refractivity contribution is -0.117. The standard InChI is InChI=1S/C11H18O2/c1-8(12)7-10-9(5-6-13-4)11(10,2)3/h5-6,9-10H,7H2,1-4H3/t9-,10+/m0/s1. The summed E-state index contributed by atoms with van der Waals surface area (Å²) < 4.78 is 4.87. The van der Waals surface area contributed by atoms with Crippen molar-refractivity contribution in [3.05, 3.63) is 12.3 Å². The van der Waals surface area contributed by atoms with E-state index in [0.29, 0.717) is 18.3 Å². The number of Topliss-reactive ketones (excluding diaryl/α,β-unsaturated/α-hetero) is 1. The Balaban J connectivity index is 2.50. The average molecular weight is 182 g/mol. The van der Waals surface area contributed by atoms with Gasteiger partial charge in [-0.3, -0.25) is 0 Å². The molecule has 0 N–H and O–H groups in total. The van der Waals surface area contributed by atoms with E-state index in [4.69, 9.17) is 4.74 Å². The smallest absolute Gasteiger partial charge is 0.130 e. The Labute approximate surface area is 80.0 Å². The molecule has 0 aliphatic heterocycles. The SMILES string of the molecule is COC=C[C@H]1[C@@H](CC(C)=O)C1(C)C. The van der Waals surface area contributed by atoms with Crippen LogP contribution in [0.4, 0.5) is 0 Å². The zero-order valence-electron chi connectivity index (χ0n) is 8.83. The molecule has 0 radical (unpaired) electrons. The van der Waals surface area contributed by atoms with Gasteiger partial charge in [0.2, 0.25) is 0 Å². The van der Waals surface area contributed by atoms with Crippen LogP contribution in [0.1, 0.15) is 27.2 Å². The predicted molar refractivity (Wildman–Crippen MR) is 52.2 cm³/mol. The van der Waals surface area contributed by atoms with E-state index in [1.807, 2.05) is 0 Å². The quantitative estimate of drug-likeness (QED) is 0.624. The molecule has 0 aromatic heterocycles. The number of ether oxygens (including phenoxy) is 1. The van der Waals surface area contributed by atoms with Crippen molar-refractivity contribution in [2.45, 2.75) is 27.2 Å². The highest BCUT2D eigenvalue weighted by molar-refractivity contribution is 5.76. The molecular weight excluding hydrogens is 164 g/mol. The number of hydrogen-bond donors (Lipinski definition) is 0. The minimum atomic E-state index is 0.278. The molecule has 0 saturated heterocycles. The van der Waals surface area contributed by atoms with Crippen LogP contribution in [-0.4, -0.2) is 12.9 Å². The summed E-state index contributed by atoms with van der Waals surface area (Å²) in [5.74, 6) is 1.30. The molecule has 0 spiro atoms. The van der Waals surface area contributed by atoms with Crippen LogP contribution < -0.4 is 0 Å². The van der Waals surface area contributed by atoms with Gasteiger partial charge in [-0.2, -0.15) is 0 Å². The molecule has 0 unspecified atom stereocenters. The number of ketones is 1. The van der Waals surface area contributed by atoms with Crippen molar-refractivity contribution < 1.29 is 9.53 Å². The first-order valence-corrected chi connectivity index (χ1v) is 4.69. The van der Waals surface area contributed by atoms with Crippen molar-refractivity contribution in [3.8, 4) is 0 Å². The van der Waals surface area contributed by atoms with E-state index in [2.05, 4.69) is 19.9 Å². The number of carbonyl (C=O) groups is 1. The van der Waals surface area contributed by atoms with Crippen molar-refractivity contribution >= 4 is 5.78 Å². The van der Waals surface area contributed by atoms with E-state index in [9.17, 15) is 4.79 Å². The Morgan fingerprint density at radius 1 is 1.54 bits per heavy atom. The molecular formula is C11H18O2. The predicted octanol–water partition coefficient (Wildman–Crippen LogP) is 2.40. The van der Waals surface area contributed by atoms with Gasteiger partial charge in [-0.05, 0) is 30.3 Å². The topological polar surface area (TPSA) is 26.3 Å². The summed E-state index contributed by atoms with van der Waals surface area (Å²) in [6, 6.07) is 0. The van der Waals surface area contributed by atoms with Crippen LogP contribution in [-0.2, 0) is 9.53 Å². The third-order valence-electron chi connectivity index (χ3n) is 3.07. The van der Waals surface area contributed by atoms with E-state index in [0.717, 1.165) is 0 Å². The normalized spacial score (nSPS) is 30.5. The molecule has 1 saturated carbocycles. The molecule has 13 heavy (non-hydrogen) atoms. The van der Waals surface area contributed by atoms with Gasteiger partial charge in [0.15, 0.2) is 0 Å². The Morgan fingerprint density at radius 2 is 2.15 bits per heavy atom. The fourth-order valence-corrected chi connectivity index (χ4v) is 2.03. The van der Waals surface area contributed by atoms with Crippen LogP contribution in [0.25, 0.3) is 0 Å². The van der Waals surface area contributed by atoms with Crippen molar-refractivity contribution in [1.82, 2.24) is 0 Å². The molecule has 1 rings (SSSR count). The first-order chi connectivity index (χ1) is 6.00. The zero-order chi connectivity index (χ0) is 10.1. The molecule has 0 amide bonds. The second-order valence-electron chi connectivity index (χ2n) is 4.42. The van der Waals surface area contributed by atoms with Crippen LogP contribution in [0, 0.1) is 17.3 Å². The second kappa shape index (κ2) is 3.52. The van der Waals surface area contributed by atoms with E-state index in [1.165, 1.54) is 0 Å². The minimum absolute atomic E-state index is 0.278. The highest BCUT2D eigenvalue weighted by Gasteiger charge is 2.55. The molecule has 2 nitrogen and oxygen atoms in total. The molecule has 74 valence electrons. The van der Waals surface area contributed by atoms with Gasteiger partial charge in [0.25, 0.3) is 0 Å². The highest BCUT2D eigenvalue weighted by atomic mass is 16.5. The number of methoxy groups -OCH3 is 1. The Hall–Kier alpha value is -0.790. The van der Waals surface area contributed by atoms with Gasteiger partial charge in [-0.15, -0.1) is 0 Å². The van der Waals surface area contributed by atoms with Crippen LogP contribution >= 0.6 is 0 Å². The second-order valence-corrected chi connectivity index (χ2v) is 4.42. The van der Waals surface area contributed by atoms with Crippen LogP contribution in [0.15, 0.2) is 12.3 Å². The average Bonchev–Trinajstić information content (AvgIpc) is 2.49. The first-order valence-electron chi connectivity index (χ1n) is 4.69. The van der Waals surface area contributed by atoms with Crippen molar-refractivity contribution in [3.63, 3.8) is 0 Å². The van der Waals surface area contributed by atoms with Gasteiger partial charge < -0.3 is 9.53 Å². The van der Waals surface area contributed by atoms with Crippen LogP contribution in [0.2, 0.25) is 0 Å². The molecule has 0 aromatic carbocycles. The Morgan fingerprint density at radius 3 is 2.62 bits per heavy atom. The van der Waals surface area contributed by atoms with Crippen molar-refractivity contribution in [2.24, 2.45) is 17.3 Å². The van der Waals surface area contributed by atoms with E-state index >= 15 is 0 Å². The Bertz CT molecular complexity index is 228. The molecule has 1 fully saturated rings. The summed E-state index contributed by atoms with van der Waals surface area (Å²) in [5, 5.41) is 0. The largest absolute Gasteiger partial charge is 0.505 e. The van der Waals surface area contributed by atoms with Gasteiger partial charge in [-0.25, -0.2) is 0 Å². The number of allylic oxidation sites excluding steroid dienone is 1. The first kappa shape index (κ1) is 10.3. The number of hydrogen-bond acceptors (Lipinski definition) is 2. The van der Waals surface area contributed by atoms with E-state index < -0.39 is 0 Å². The lowest BCUT2D eigenvalue weighted by atomic mass is 10.1. The summed E-state index contributed by atoms with van der Waals surface area (Å²) in [6.07, 6.45) is 4.48. The summed E-state index contributed by atoms with van der Waals surface area (Å²) >= 11 is 0. The van der Waals surface area contributed by atoms with Crippen LogP contribution in [0.5, 0.6) is 0 Å². The fraction of sp³-hybridized carbons (Fsp3) is 0.727. The lowest BCUT2D eigenvalue weighted by Gasteiger charge is -1.98. The zero-order valence-corrected chi connectivity index (χ0v) is 8.83. The third kappa shape index (κ3) is 2.11. The van der Waals surface area contributed by atoms with Crippen molar-refractivity contribution in [1.29, 1.82) is 0 Å². The maximum Gasteiger partial charge on any atom is 0.130 e. The van der Waals surface area contributed by atoms with E-state index in [-0.39, 0.29) is 11.2 Å². The molecule has 1 aliphatic carbocycles. The monoisotopic (exact) mass is 182 g/mol.